The summed E-state index contributed by atoms with van der Waals surface area (Å²) in [5.74, 6) is 4.83. The Labute approximate surface area is 155 Å². The minimum atomic E-state index is -0.430. The second-order valence-corrected chi connectivity index (χ2v) is 9.12. The van der Waals surface area contributed by atoms with E-state index < -0.39 is 6.10 Å². The van der Waals surface area contributed by atoms with Crippen LogP contribution < -0.4 is 5.32 Å². The lowest BCUT2D eigenvalue weighted by Gasteiger charge is -2.57. The van der Waals surface area contributed by atoms with Crippen LogP contribution in [0.2, 0.25) is 0 Å². The molecule has 0 amide bonds. The molecule has 4 bridgehead atoms. The van der Waals surface area contributed by atoms with E-state index in [4.69, 9.17) is 4.42 Å². The van der Waals surface area contributed by atoms with Gasteiger partial charge in [0.25, 0.3) is 0 Å². The minimum absolute atomic E-state index is 0.376. The summed E-state index contributed by atoms with van der Waals surface area (Å²) in [6, 6.07) is 12.2. The average Bonchev–Trinajstić information content (AvgIpc) is 3.08. The Morgan fingerprint density at radius 1 is 1.00 bits per heavy atom. The van der Waals surface area contributed by atoms with Gasteiger partial charge in [-0.3, -0.25) is 0 Å². The molecule has 2 aromatic rings. The molecule has 4 aliphatic carbocycles. The smallest absolute Gasteiger partial charge is 0.134 e. The predicted octanol–water partition coefficient (Wildman–Crippen LogP) is 5.06. The number of hydrogen-bond donors (Lipinski definition) is 2. The molecule has 0 saturated heterocycles. The number of furan rings is 1. The Bertz CT molecular complexity index is 738. The van der Waals surface area contributed by atoms with Crippen LogP contribution in [0, 0.1) is 17.8 Å². The monoisotopic (exact) mass is 351 g/mol. The van der Waals surface area contributed by atoms with Crippen molar-refractivity contribution >= 4 is 0 Å². The van der Waals surface area contributed by atoms with Crippen molar-refractivity contribution in [3.05, 3.63) is 47.7 Å². The van der Waals surface area contributed by atoms with Crippen molar-refractivity contribution in [2.75, 3.05) is 0 Å². The highest BCUT2D eigenvalue weighted by atomic mass is 16.3. The molecular weight excluding hydrogens is 322 g/mol. The van der Waals surface area contributed by atoms with Crippen LogP contribution in [-0.2, 0) is 6.54 Å². The van der Waals surface area contributed by atoms with Crippen LogP contribution in [0.4, 0.5) is 0 Å². The number of rotatable bonds is 5. The van der Waals surface area contributed by atoms with Gasteiger partial charge in [-0.1, -0.05) is 24.3 Å². The second kappa shape index (κ2) is 6.24. The minimum Gasteiger partial charge on any atom is -0.460 e. The highest BCUT2D eigenvalue weighted by Crippen LogP contribution is 2.55. The summed E-state index contributed by atoms with van der Waals surface area (Å²) in [5.41, 5.74) is 2.38. The molecule has 26 heavy (non-hydrogen) atoms. The lowest BCUT2D eigenvalue weighted by molar-refractivity contribution is -0.0213. The van der Waals surface area contributed by atoms with Crippen LogP contribution >= 0.6 is 0 Å². The predicted molar refractivity (Wildman–Crippen MR) is 103 cm³/mol. The van der Waals surface area contributed by atoms with E-state index in [9.17, 15) is 5.11 Å². The lowest BCUT2D eigenvalue weighted by Crippen LogP contribution is -2.58. The fraction of sp³-hybridized carbons (Fsp3) is 0.565. The first kappa shape index (κ1) is 16.6. The zero-order valence-electron chi connectivity index (χ0n) is 15.6. The van der Waals surface area contributed by atoms with Gasteiger partial charge in [0, 0.05) is 11.1 Å². The van der Waals surface area contributed by atoms with Crippen LogP contribution in [0.15, 0.2) is 40.8 Å². The summed E-state index contributed by atoms with van der Waals surface area (Å²) < 4.78 is 6.11. The van der Waals surface area contributed by atoms with Gasteiger partial charge in [-0.05, 0) is 80.9 Å². The molecule has 1 unspecified atom stereocenters. The number of aliphatic hydroxyl groups is 1. The molecule has 4 aliphatic rings. The van der Waals surface area contributed by atoms with Crippen LogP contribution in [0.1, 0.15) is 62.9 Å². The highest BCUT2D eigenvalue weighted by molar-refractivity contribution is 5.58. The summed E-state index contributed by atoms with van der Waals surface area (Å²) in [4.78, 5) is 0. The average molecular weight is 351 g/mol. The maximum atomic E-state index is 9.64. The topological polar surface area (TPSA) is 45.4 Å². The van der Waals surface area contributed by atoms with Crippen molar-refractivity contribution in [2.24, 2.45) is 17.8 Å². The van der Waals surface area contributed by atoms with E-state index in [1.165, 1.54) is 38.5 Å². The summed E-state index contributed by atoms with van der Waals surface area (Å²) in [6.45, 7) is 2.62. The fourth-order valence-corrected chi connectivity index (χ4v) is 6.16. The Morgan fingerprint density at radius 2 is 1.62 bits per heavy atom. The van der Waals surface area contributed by atoms with Crippen molar-refractivity contribution in [1.82, 2.24) is 5.32 Å². The SMILES string of the molecule is CC(O)c1ccc(-c2ccc(CNC34CC5CC(CC(C5)C3)C4)o2)cc1. The Kier molecular flexibility index (Phi) is 3.98. The molecule has 4 fully saturated rings. The van der Waals surface area contributed by atoms with Gasteiger partial charge >= 0.3 is 0 Å². The molecule has 138 valence electrons. The first-order valence-electron chi connectivity index (χ1n) is 10.2. The normalized spacial score (nSPS) is 33.5. The van der Waals surface area contributed by atoms with Gasteiger partial charge in [0.2, 0.25) is 0 Å². The fourth-order valence-electron chi connectivity index (χ4n) is 6.16. The van der Waals surface area contributed by atoms with Gasteiger partial charge in [0.15, 0.2) is 0 Å². The molecule has 1 aromatic carbocycles. The van der Waals surface area contributed by atoms with Gasteiger partial charge < -0.3 is 14.8 Å². The van der Waals surface area contributed by atoms with E-state index in [2.05, 4.69) is 17.4 Å². The highest BCUT2D eigenvalue weighted by Gasteiger charge is 2.50. The van der Waals surface area contributed by atoms with Crippen LogP contribution in [0.25, 0.3) is 11.3 Å². The van der Waals surface area contributed by atoms with E-state index in [-0.39, 0.29) is 0 Å². The van der Waals surface area contributed by atoms with E-state index in [1.54, 1.807) is 6.92 Å². The lowest BCUT2D eigenvalue weighted by atomic mass is 9.53. The van der Waals surface area contributed by atoms with E-state index in [0.717, 1.165) is 46.9 Å². The molecule has 2 N–H and O–H groups in total. The maximum Gasteiger partial charge on any atom is 0.134 e. The number of nitrogens with one attached hydrogen (secondary N) is 1. The maximum absolute atomic E-state index is 9.64. The molecule has 1 aromatic heterocycles. The quantitative estimate of drug-likeness (QED) is 0.791. The molecule has 4 saturated carbocycles. The van der Waals surface area contributed by atoms with Crippen molar-refractivity contribution < 1.29 is 9.52 Å². The molecule has 3 nitrogen and oxygen atoms in total. The summed E-state index contributed by atoms with van der Waals surface area (Å²) in [7, 11) is 0. The zero-order valence-corrected chi connectivity index (χ0v) is 15.6. The van der Waals surface area contributed by atoms with Crippen molar-refractivity contribution in [3.8, 4) is 11.3 Å². The van der Waals surface area contributed by atoms with Gasteiger partial charge in [0.1, 0.15) is 11.5 Å². The molecule has 3 heteroatoms. The van der Waals surface area contributed by atoms with Crippen molar-refractivity contribution in [3.63, 3.8) is 0 Å². The van der Waals surface area contributed by atoms with Crippen molar-refractivity contribution in [1.29, 1.82) is 0 Å². The number of hydrogen-bond acceptors (Lipinski definition) is 3. The van der Waals surface area contributed by atoms with Gasteiger partial charge in [0.05, 0.1) is 12.6 Å². The first-order valence-corrected chi connectivity index (χ1v) is 10.2. The Morgan fingerprint density at radius 3 is 2.19 bits per heavy atom. The molecular formula is C23H29NO2. The summed E-state index contributed by atoms with van der Waals surface area (Å²) >= 11 is 0. The molecule has 0 spiro atoms. The van der Waals surface area contributed by atoms with E-state index in [0.29, 0.717) is 5.54 Å². The number of aliphatic hydroxyl groups excluding tert-OH is 1. The molecule has 0 radical (unpaired) electrons. The summed E-state index contributed by atoms with van der Waals surface area (Å²) in [5, 5.41) is 13.5. The van der Waals surface area contributed by atoms with Crippen LogP contribution in [0.3, 0.4) is 0 Å². The molecule has 1 atom stereocenters. The molecule has 0 aliphatic heterocycles. The first-order chi connectivity index (χ1) is 12.6. The van der Waals surface area contributed by atoms with Crippen LogP contribution in [0.5, 0.6) is 0 Å². The number of benzene rings is 1. The van der Waals surface area contributed by atoms with Crippen molar-refractivity contribution in [2.45, 2.75) is 63.6 Å². The third-order valence-corrected chi connectivity index (χ3v) is 7.02. The Hall–Kier alpha value is -1.58. The summed E-state index contributed by atoms with van der Waals surface area (Å²) in [6.07, 6.45) is 8.12. The van der Waals surface area contributed by atoms with Gasteiger partial charge in [-0.25, -0.2) is 0 Å². The molecule has 6 rings (SSSR count). The van der Waals surface area contributed by atoms with Crippen LogP contribution in [-0.4, -0.2) is 10.6 Å². The third-order valence-electron chi connectivity index (χ3n) is 7.02. The largest absolute Gasteiger partial charge is 0.460 e. The Balaban J connectivity index is 1.26. The van der Waals surface area contributed by atoms with Gasteiger partial charge in [-0.15, -0.1) is 0 Å². The second-order valence-electron chi connectivity index (χ2n) is 9.12. The van der Waals surface area contributed by atoms with E-state index >= 15 is 0 Å². The van der Waals surface area contributed by atoms with E-state index in [1.807, 2.05) is 24.3 Å². The standard InChI is InChI=1S/C23H29NO2/c1-15(25)19-2-4-20(5-3-19)22-7-6-21(26-22)14-24-23-11-16-8-17(12-23)10-18(9-16)13-23/h2-7,15-18,24-25H,8-14H2,1H3. The third kappa shape index (κ3) is 3.01. The van der Waals surface area contributed by atoms with Gasteiger partial charge in [-0.2, -0.15) is 0 Å². The zero-order chi connectivity index (χ0) is 17.7. The molecule has 1 heterocycles.